The second-order valence-electron chi connectivity index (χ2n) is 5.26. The SMILES string of the molecule is COc1ccc(S(=O)(=O)N[C@H]2CCS(=O)(=O)C2)cc1NC(C)=O. The molecule has 128 valence electrons. The van der Waals surface area contributed by atoms with Gasteiger partial charge in [-0.2, -0.15) is 0 Å². The van der Waals surface area contributed by atoms with Crippen LogP contribution in [0.2, 0.25) is 0 Å². The lowest BCUT2D eigenvalue weighted by Crippen LogP contribution is -2.35. The van der Waals surface area contributed by atoms with Gasteiger partial charge in [0.05, 0.1) is 29.2 Å². The zero-order valence-electron chi connectivity index (χ0n) is 12.7. The summed E-state index contributed by atoms with van der Waals surface area (Å²) in [6.07, 6.45) is 0.246. The van der Waals surface area contributed by atoms with Crippen LogP contribution in [0.15, 0.2) is 23.1 Å². The smallest absolute Gasteiger partial charge is 0.240 e. The van der Waals surface area contributed by atoms with E-state index in [0.717, 1.165) is 0 Å². The first-order valence-electron chi connectivity index (χ1n) is 6.81. The normalized spacial score (nSPS) is 20.2. The van der Waals surface area contributed by atoms with E-state index >= 15 is 0 Å². The molecule has 0 saturated carbocycles. The highest BCUT2D eigenvalue weighted by molar-refractivity contribution is 7.92. The third-order valence-electron chi connectivity index (χ3n) is 3.35. The first-order chi connectivity index (χ1) is 10.6. The Morgan fingerprint density at radius 1 is 1.35 bits per heavy atom. The molecule has 2 rings (SSSR count). The highest BCUT2D eigenvalue weighted by atomic mass is 32.2. The highest BCUT2D eigenvalue weighted by Gasteiger charge is 2.31. The molecule has 23 heavy (non-hydrogen) atoms. The summed E-state index contributed by atoms with van der Waals surface area (Å²) in [6, 6.07) is 3.38. The number of carbonyl (C=O) groups is 1. The van der Waals surface area contributed by atoms with Crippen molar-refractivity contribution in [1.82, 2.24) is 4.72 Å². The summed E-state index contributed by atoms with van der Waals surface area (Å²) in [7, 11) is -5.69. The van der Waals surface area contributed by atoms with Crippen LogP contribution in [0.5, 0.6) is 5.75 Å². The van der Waals surface area contributed by atoms with Crippen molar-refractivity contribution in [1.29, 1.82) is 0 Å². The second-order valence-corrected chi connectivity index (χ2v) is 9.21. The van der Waals surface area contributed by atoms with Gasteiger partial charge in [-0.3, -0.25) is 4.79 Å². The topological polar surface area (TPSA) is 119 Å². The van der Waals surface area contributed by atoms with E-state index in [1.807, 2.05) is 0 Å². The Bertz CT molecular complexity index is 817. The summed E-state index contributed by atoms with van der Waals surface area (Å²) >= 11 is 0. The molecule has 2 N–H and O–H groups in total. The fraction of sp³-hybridized carbons (Fsp3) is 0.462. The van der Waals surface area contributed by atoms with E-state index in [9.17, 15) is 21.6 Å². The van der Waals surface area contributed by atoms with E-state index in [0.29, 0.717) is 5.75 Å². The van der Waals surface area contributed by atoms with Crippen molar-refractivity contribution in [2.75, 3.05) is 23.9 Å². The molecule has 1 amide bonds. The molecule has 1 atom stereocenters. The fourth-order valence-corrected chi connectivity index (χ4v) is 5.39. The van der Waals surface area contributed by atoms with Gasteiger partial charge in [0.1, 0.15) is 5.75 Å². The summed E-state index contributed by atoms with van der Waals surface area (Å²) in [5, 5.41) is 2.49. The van der Waals surface area contributed by atoms with Gasteiger partial charge in [0.2, 0.25) is 15.9 Å². The van der Waals surface area contributed by atoms with Crippen LogP contribution in [0.1, 0.15) is 13.3 Å². The molecule has 1 aromatic rings. The van der Waals surface area contributed by atoms with Crippen molar-refractivity contribution in [2.45, 2.75) is 24.3 Å². The Balaban J connectivity index is 2.27. The molecule has 1 fully saturated rings. The molecule has 1 heterocycles. The van der Waals surface area contributed by atoms with Crippen molar-refractivity contribution in [3.63, 3.8) is 0 Å². The van der Waals surface area contributed by atoms with E-state index in [4.69, 9.17) is 4.74 Å². The van der Waals surface area contributed by atoms with Crippen LogP contribution in [0, 0.1) is 0 Å². The number of amides is 1. The number of carbonyl (C=O) groups excluding carboxylic acids is 1. The molecule has 0 bridgehead atoms. The molecular weight excluding hydrogens is 344 g/mol. The Morgan fingerprint density at radius 2 is 2.04 bits per heavy atom. The van der Waals surface area contributed by atoms with E-state index in [1.54, 1.807) is 0 Å². The van der Waals surface area contributed by atoms with Crippen molar-refractivity contribution < 1.29 is 26.4 Å². The maximum Gasteiger partial charge on any atom is 0.240 e. The van der Waals surface area contributed by atoms with Crippen LogP contribution in [-0.4, -0.2) is 47.4 Å². The van der Waals surface area contributed by atoms with E-state index in [1.165, 1.54) is 32.2 Å². The minimum atomic E-state index is -3.90. The third kappa shape index (κ3) is 4.43. The largest absolute Gasteiger partial charge is 0.495 e. The third-order valence-corrected chi connectivity index (χ3v) is 6.63. The maximum absolute atomic E-state index is 12.4. The Morgan fingerprint density at radius 3 is 2.57 bits per heavy atom. The monoisotopic (exact) mass is 362 g/mol. The number of hydrogen-bond acceptors (Lipinski definition) is 6. The van der Waals surface area contributed by atoms with Crippen molar-refractivity contribution in [3.05, 3.63) is 18.2 Å². The minimum Gasteiger partial charge on any atom is -0.495 e. The summed E-state index contributed by atoms with van der Waals surface area (Å²) in [4.78, 5) is 11.1. The maximum atomic E-state index is 12.4. The average molecular weight is 362 g/mol. The van der Waals surface area contributed by atoms with Crippen molar-refractivity contribution in [3.8, 4) is 5.75 Å². The average Bonchev–Trinajstić information content (AvgIpc) is 2.76. The molecule has 0 spiro atoms. The van der Waals surface area contributed by atoms with Gasteiger partial charge in [0, 0.05) is 13.0 Å². The number of methoxy groups -OCH3 is 1. The molecule has 0 aromatic heterocycles. The molecule has 1 saturated heterocycles. The lowest BCUT2D eigenvalue weighted by Gasteiger charge is -2.14. The second kappa shape index (κ2) is 6.46. The standard InChI is InChI=1S/C13H18N2O6S2/c1-9(16)14-12-7-11(3-4-13(12)21-2)23(19,20)15-10-5-6-22(17,18)8-10/h3-4,7,10,15H,5-6,8H2,1-2H3,(H,14,16)/t10-/m0/s1. The Labute approximate surface area is 135 Å². The minimum absolute atomic E-state index is 0.0278. The lowest BCUT2D eigenvalue weighted by molar-refractivity contribution is -0.114. The van der Waals surface area contributed by atoms with Gasteiger partial charge in [-0.15, -0.1) is 0 Å². The van der Waals surface area contributed by atoms with E-state index in [2.05, 4.69) is 10.0 Å². The number of nitrogens with one attached hydrogen (secondary N) is 2. The summed E-state index contributed by atoms with van der Waals surface area (Å²) < 4.78 is 55.1. The molecule has 1 aliphatic heterocycles. The molecular formula is C13H18N2O6S2. The first kappa shape index (κ1) is 17.7. The zero-order chi connectivity index (χ0) is 17.3. The summed E-state index contributed by atoms with van der Waals surface area (Å²) in [6.45, 7) is 1.29. The van der Waals surface area contributed by atoms with E-state index in [-0.39, 0.29) is 34.4 Å². The number of ether oxygens (including phenoxy) is 1. The fourth-order valence-electron chi connectivity index (χ4n) is 2.32. The highest BCUT2D eigenvalue weighted by Crippen LogP contribution is 2.28. The van der Waals surface area contributed by atoms with Gasteiger partial charge in [0.25, 0.3) is 0 Å². The lowest BCUT2D eigenvalue weighted by atomic mass is 10.3. The van der Waals surface area contributed by atoms with Gasteiger partial charge in [-0.25, -0.2) is 21.6 Å². The van der Waals surface area contributed by atoms with Crippen LogP contribution >= 0.6 is 0 Å². The predicted molar refractivity (Wildman–Crippen MR) is 84.7 cm³/mol. The molecule has 1 aliphatic rings. The molecule has 0 unspecified atom stereocenters. The van der Waals surface area contributed by atoms with Gasteiger partial charge < -0.3 is 10.1 Å². The number of benzene rings is 1. The van der Waals surface area contributed by atoms with E-state index < -0.39 is 25.9 Å². The summed E-state index contributed by atoms with van der Waals surface area (Å²) in [5.41, 5.74) is 0.224. The Hall–Kier alpha value is -1.65. The van der Waals surface area contributed by atoms with Crippen LogP contribution in [0.3, 0.4) is 0 Å². The van der Waals surface area contributed by atoms with Gasteiger partial charge in [0.15, 0.2) is 9.84 Å². The molecule has 0 radical (unpaired) electrons. The Kier molecular flexibility index (Phi) is 4.97. The predicted octanol–water partition coefficient (Wildman–Crippen LogP) is 0.119. The molecule has 10 heteroatoms. The van der Waals surface area contributed by atoms with Gasteiger partial charge in [-0.05, 0) is 24.6 Å². The van der Waals surface area contributed by atoms with Crippen LogP contribution in [0.4, 0.5) is 5.69 Å². The molecule has 1 aromatic carbocycles. The van der Waals surface area contributed by atoms with Crippen molar-refractivity contribution >= 4 is 31.5 Å². The first-order valence-corrected chi connectivity index (χ1v) is 10.1. The van der Waals surface area contributed by atoms with Crippen LogP contribution in [0.25, 0.3) is 0 Å². The van der Waals surface area contributed by atoms with Gasteiger partial charge >= 0.3 is 0 Å². The zero-order valence-corrected chi connectivity index (χ0v) is 14.3. The number of sulfone groups is 1. The number of rotatable bonds is 5. The number of anilines is 1. The molecule has 0 aliphatic carbocycles. The summed E-state index contributed by atoms with van der Waals surface area (Å²) in [5.74, 6) is -0.281. The van der Waals surface area contributed by atoms with Gasteiger partial charge in [-0.1, -0.05) is 0 Å². The van der Waals surface area contributed by atoms with Crippen molar-refractivity contribution in [2.24, 2.45) is 0 Å². The van der Waals surface area contributed by atoms with Crippen LogP contribution in [-0.2, 0) is 24.7 Å². The quantitative estimate of drug-likeness (QED) is 0.768. The number of hydrogen-bond donors (Lipinski definition) is 2. The number of sulfonamides is 1. The molecule has 8 nitrogen and oxygen atoms in total. The van der Waals surface area contributed by atoms with Crippen LogP contribution < -0.4 is 14.8 Å².